The van der Waals surface area contributed by atoms with E-state index in [1.54, 1.807) is 0 Å². The zero-order chi connectivity index (χ0) is 12.5. The van der Waals surface area contributed by atoms with Gasteiger partial charge in [0.25, 0.3) is 0 Å². The smallest absolute Gasteiger partial charge is 0.335 e. The van der Waals surface area contributed by atoms with Crippen molar-refractivity contribution in [2.24, 2.45) is 0 Å². The Bertz CT molecular complexity index is 390. The minimum absolute atomic E-state index is 0.00717. The van der Waals surface area contributed by atoms with E-state index >= 15 is 0 Å². The summed E-state index contributed by atoms with van der Waals surface area (Å²) >= 11 is 0. The minimum Gasteiger partial charge on any atom is -0.479 e. The molecule has 3 unspecified atom stereocenters. The normalized spacial score (nSPS) is 36.8. The van der Waals surface area contributed by atoms with Gasteiger partial charge in [-0.15, -0.1) is 0 Å². The van der Waals surface area contributed by atoms with Crippen LogP contribution >= 0.6 is 0 Å². The fourth-order valence-corrected chi connectivity index (χ4v) is 4.13. The monoisotopic (exact) mass is 264 g/mol. The van der Waals surface area contributed by atoms with E-state index < -0.39 is 33.5 Å². The molecule has 6 nitrogen and oxygen atoms in total. The molecule has 7 heteroatoms. The molecule has 0 amide bonds. The van der Waals surface area contributed by atoms with Gasteiger partial charge in [-0.25, -0.2) is 13.2 Å². The van der Waals surface area contributed by atoms with Crippen molar-refractivity contribution in [2.75, 3.05) is 12.4 Å². The van der Waals surface area contributed by atoms with Crippen LogP contribution < -0.4 is 0 Å². The number of sulfone groups is 1. The molecule has 0 bridgehead atoms. The number of carboxylic acids is 1. The molecule has 0 aromatic rings. The standard InChI is InChI=1S/C10H16O6S/c11-10(12)8-6-15-9(16-8)5-7-3-1-2-4-17(7,13)14/h7-9H,1-6H2,(H,11,12). The molecule has 2 aliphatic heterocycles. The number of rotatable bonds is 3. The molecule has 1 N–H and O–H groups in total. The van der Waals surface area contributed by atoms with E-state index in [1.807, 2.05) is 0 Å². The van der Waals surface area contributed by atoms with Crippen molar-refractivity contribution in [3.63, 3.8) is 0 Å². The van der Waals surface area contributed by atoms with Crippen LogP contribution in [0.4, 0.5) is 0 Å². The molecule has 17 heavy (non-hydrogen) atoms. The highest BCUT2D eigenvalue weighted by Gasteiger charge is 2.37. The third-order valence-electron chi connectivity index (χ3n) is 3.19. The van der Waals surface area contributed by atoms with Crippen molar-refractivity contribution >= 4 is 15.8 Å². The van der Waals surface area contributed by atoms with Crippen LogP contribution in [0.2, 0.25) is 0 Å². The first kappa shape index (κ1) is 12.8. The van der Waals surface area contributed by atoms with Crippen LogP contribution in [0.5, 0.6) is 0 Å². The Labute approximate surface area is 99.8 Å². The van der Waals surface area contributed by atoms with Crippen molar-refractivity contribution in [1.29, 1.82) is 0 Å². The first-order valence-electron chi connectivity index (χ1n) is 5.70. The number of hydrogen-bond donors (Lipinski definition) is 1. The summed E-state index contributed by atoms with van der Waals surface area (Å²) in [7, 11) is -3.06. The Hall–Kier alpha value is -0.660. The predicted molar refractivity (Wildman–Crippen MR) is 58.3 cm³/mol. The first-order chi connectivity index (χ1) is 7.99. The summed E-state index contributed by atoms with van der Waals surface area (Å²) in [6, 6.07) is 0. The van der Waals surface area contributed by atoms with Gasteiger partial charge in [-0.1, -0.05) is 6.42 Å². The summed E-state index contributed by atoms with van der Waals surface area (Å²) in [6.07, 6.45) is 0.789. The van der Waals surface area contributed by atoms with Crippen molar-refractivity contribution < 1.29 is 27.8 Å². The summed E-state index contributed by atoms with van der Waals surface area (Å²) in [5.41, 5.74) is 0. The van der Waals surface area contributed by atoms with Crippen LogP contribution in [0, 0.1) is 0 Å². The summed E-state index contributed by atoms with van der Waals surface area (Å²) in [6.45, 7) is -0.00717. The van der Waals surface area contributed by atoms with Gasteiger partial charge < -0.3 is 14.6 Å². The van der Waals surface area contributed by atoms with E-state index in [4.69, 9.17) is 14.6 Å². The topological polar surface area (TPSA) is 89.9 Å². The van der Waals surface area contributed by atoms with Crippen LogP contribution in [-0.2, 0) is 24.1 Å². The van der Waals surface area contributed by atoms with Gasteiger partial charge in [0.15, 0.2) is 22.2 Å². The van der Waals surface area contributed by atoms with E-state index in [0.29, 0.717) is 12.8 Å². The second-order valence-corrected chi connectivity index (χ2v) is 6.85. The van der Waals surface area contributed by atoms with Crippen LogP contribution in [0.25, 0.3) is 0 Å². The lowest BCUT2D eigenvalue weighted by Crippen LogP contribution is -2.32. The lowest BCUT2D eigenvalue weighted by molar-refractivity contribution is -0.150. The molecule has 3 atom stereocenters. The number of carbonyl (C=O) groups is 1. The molecular formula is C10H16O6S. The summed E-state index contributed by atoms with van der Waals surface area (Å²) in [5.74, 6) is -0.855. The summed E-state index contributed by atoms with van der Waals surface area (Å²) in [4.78, 5) is 10.6. The molecule has 0 aromatic carbocycles. The van der Waals surface area contributed by atoms with Gasteiger partial charge in [-0.05, 0) is 12.8 Å². The zero-order valence-corrected chi connectivity index (χ0v) is 10.2. The minimum atomic E-state index is -3.06. The lowest BCUT2D eigenvalue weighted by atomic mass is 10.1. The quantitative estimate of drug-likeness (QED) is 0.781. The number of hydrogen-bond acceptors (Lipinski definition) is 5. The van der Waals surface area contributed by atoms with E-state index in [9.17, 15) is 13.2 Å². The molecule has 0 aliphatic carbocycles. The van der Waals surface area contributed by atoms with Crippen molar-refractivity contribution in [3.05, 3.63) is 0 Å². The summed E-state index contributed by atoms with van der Waals surface area (Å²) in [5, 5.41) is 8.27. The average molecular weight is 264 g/mol. The second-order valence-electron chi connectivity index (χ2n) is 4.45. The highest BCUT2D eigenvalue weighted by Crippen LogP contribution is 2.26. The van der Waals surface area contributed by atoms with Gasteiger partial charge in [0.2, 0.25) is 0 Å². The van der Waals surface area contributed by atoms with E-state index in [-0.39, 0.29) is 18.8 Å². The molecule has 98 valence electrons. The highest BCUT2D eigenvalue weighted by atomic mass is 32.2. The van der Waals surface area contributed by atoms with Gasteiger partial charge in [0.05, 0.1) is 17.6 Å². The van der Waals surface area contributed by atoms with Gasteiger partial charge >= 0.3 is 5.97 Å². The number of carboxylic acid groups (broad SMARTS) is 1. The largest absolute Gasteiger partial charge is 0.479 e. The molecule has 2 rings (SSSR count). The van der Waals surface area contributed by atoms with Gasteiger partial charge in [-0.3, -0.25) is 0 Å². The average Bonchev–Trinajstić information content (AvgIpc) is 2.70. The Morgan fingerprint density at radius 2 is 2.12 bits per heavy atom. The SMILES string of the molecule is O=C(O)C1COC(CC2CCCCS2(=O)=O)O1. The van der Waals surface area contributed by atoms with Gasteiger partial charge in [0.1, 0.15) is 0 Å². The maximum absolute atomic E-state index is 11.8. The summed E-state index contributed by atoms with van der Waals surface area (Å²) < 4.78 is 33.8. The number of aliphatic carboxylic acids is 1. The molecule has 0 aromatic heterocycles. The molecule has 0 spiro atoms. The van der Waals surface area contributed by atoms with Crippen LogP contribution in [-0.4, -0.2) is 49.5 Å². The Balaban J connectivity index is 1.91. The molecular weight excluding hydrogens is 248 g/mol. The molecule has 2 heterocycles. The lowest BCUT2D eigenvalue weighted by Gasteiger charge is -2.24. The van der Waals surface area contributed by atoms with Crippen LogP contribution in [0.3, 0.4) is 0 Å². The Morgan fingerprint density at radius 1 is 1.35 bits per heavy atom. The van der Waals surface area contributed by atoms with Crippen molar-refractivity contribution in [1.82, 2.24) is 0 Å². The Morgan fingerprint density at radius 3 is 2.71 bits per heavy atom. The predicted octanol–water partition coefficient (Wildman–Crippen LogP) is 0.170. The van der Waals surface area contributed by atoms with Crippen molar-refractivity contribution in [2.45, 2.75) is 43.3 Å². The fraction of sp³-hybridized carbons (Fsp3) is 0.900. The van der Waals surface area contributed by atoms with Gasteiger partial charge in [0, 0.05) is 6.42 Å². The fourth-order valence-electron chi connectivity index (χ4n) is 2.21. The maximum atomic E-state index is 11.8. The molecule has 2 fully saturated rings. The third kappa shape index (κ3) is 2.97. The first-order valence-corrected chi connectivity index (χ1v) is 7.42. The van der Waals surface area contributed by atoms with E-state index in [1.165, 1.54) is 0 Å². The second kappa shape index (κ2) is 4.91. The molecule has 0 saturated carbocycles. The molecule has 2 saturated heterocycles. The highest BCUT2D eigenvalue weighted by molar-refractivity contribution is 7.92. The van der Waals surface area contributed by atoms with Crippen molar-refractivity contribution in [3.8, 4) is 0 Å². The Kier molecular flexibility index (Phi) is 3.70. The van der Waals surface area contributed by atoms with Crippen LogP contribution in [0.1, 0.15) is 25.7 Å². The van der Waals surface area contributed by atoms with Gasteiger partial charge in [-0.2, -0.15) is 0 Å². The van der Waals surface area contributed by atoms with E-state index in [0.717, 1.165) is 6.42 Å². The number of ether oxygens (including phenoxy) is 2. The maximum Gasteiger partial charge on any atom is 0.335 e. The third-order valence-corrected chi connectivity index (χ3v) is 5.49. The van der Waals surface area contributed by atoms with E-state index in [2.05, 4.69) is 0 Å². The molecule has 2 aliphatic rings. The van der Waals surface area contributed by atoms with Crippen LogP contribution in [0.15, 0.2) is 0 Å². The zero-order valence-electron chi connectivity index (χ0n) is 9.37. The molecule has 0 radical (unpaired) electrons.